The first kappa shape index (κ1) is 15.1. The van der Waals surface area contributed by atoms with E-state index >= 15 is 0 Å². The average molecular weight is 290 g/mol. The Balaban J connectivity index is 0.000000204. The van der Waals surface area contributed by atoms with Crippen molar-refractivity contribution in [2.45, 2.75) is 6.55 Å². The fourth-order valence-corrected chi connectivity index (χ4v) is 1.03. The monoisotopic (exact) mass is 290 g/mol. The number of alkyl halides is 2. The summed E-state index contributed by atoms with van der Waals surface area (Å²) in [7, 11) is 1.63. The van der Waals surface area contributed by atoms with Gasteiger partial charge in [0.05, 0.1) is 9.85 Å². The van der Waals surface area contributed by atoms with E-state index in [-0.39, 0.29) is 10.4 Å². The molecule has 0 saturated carbocycles. The number of hydrogen-bond donors (Lipinski definition) is 0. The van der Waals surface area contributed by atoms with E-state index in [9.17, 15) is 29.0 Å². The van der Waals surface area contributed by atoms with Crippen LogP contribution < -0.4 is 0 Å². The van der Waals surface area contributed by atoms with Crippen molar-refractivity contribution < 1.29 is 18.6 Å². The van der Waals surface area contributed by atoms with Gasteiger partial charge in [-0.2, -0.15) is 19.0 Å². The zero-order valence-corrected chi connectivity index (χ0v) is 9.96. The lowest BCUT2D eigenvalue weighted by Gasteiger charge is -1.93. The third-order valence-corrected chi connectivity index (χ3v) is 1.90. The molecule has 0 bridgehead atoms. The first-order chi connectivity index (χ1) is 9.31. The molecule has 0 spiro atoms. The number of nitro groups is 2. The first-order valence-corrected chi connectivity index (χ1v) is 4.91. The molecule has 0 fully saturated rings. The predicted octanol–water partition coefficient (Wildman–Crippen LogP) is 1.51. The Morgan fingerprint density at radius 3 is 1.85 bits per heavy atom. The minimum absolute atomic E-state index is 0.0255. The van der Waals surface area contributed by atoms with Crippen LogP contribution in [0, 0.1) is 20.2 Å². The molecule has 10 nitrogen and oxygen atoms in total. The van der Waals surface area contributed by atoms with Crippen LogP contribution in [0.4, 0.5) is 20.2 Å². The highest BCUT2D eigenvalue weighted by Gasteiger charge is 2.13. The summed E-state index contributed by atoms with van der Waals surface area (Å²) in [5, 5.41) is 26.6. The molecule has 12 heteroatoms. The van der Waals surface area contributed by atoms with Gasteiger partial charge in [0.2, 0.25) is 0 Å². The number of halogens is 2. The Labute approximate surface area is 109 Å². The normalized spacial score (nSPS) is 10.0. The van der Waals surface area contributed by atoms with Crippen molar-refractivity contribution in [1.82, 2.24) is 19.6 Å². The van der Waals surface area contributed by atoms with E-state index in [1.165, 1.54) is 17.1 Å². The van der Waals surface area contributed by atoms with Crippen LogP contribution in [0.5, 0.6) is 0 Å². The molecule has 0 amide bonds. The van der Waals surface area contributed by atoms with Crippen LogP contribution in [0.15, 0.2) is 24.8 Å². The number of aryl methyl sites for hydroxylation is 1. The second-order valence-corrected chi connectivity index (χ2v) is 3.34. The van der Waals surface area contributed by atoms with E-state index in [0.717, 1.165) is 6.20 Å². The number of aromatic nitrogens is 4. The maximum atomic E-state index is 11.7. The van der Waals surface area contributed by atoms with Gasteiger partial charge in [0.1, 0.15) is 24.8 Å². The summed E-state index contributed by atoms with van der Waals surface area (Å²) in [5.74, 6) is 0. The Bertz CT molecular complexity index is 610. The van der Waals surface area contributed by atoms with Gasteiger partial charge in [0.15, 0.2) is 0 Å². The molecule has 0 radical (unpaired) electrons. The molecule has 2 heterocycles. The summed E-state index contributed by atoms with van der Waals surface area (Å²) in [4.78, 5) is 18.6. The van der Waals surface area contributed by atoms with Crippen molar-refractivity contribution in [3.8, 4) is 0 Å². The van der Waals surface area contributed by atoms with E-state index in [1.807, 2.05) is 0 Å². The van der Waals surface area contributed by atoms with Crippen LogP contribution in [0.1, 0.15) is 6.55 Å². The molecule has 0 saturated heterocycles. The fraction of sp³-hybridized carbons (Fsp3) is 0.250. The average Bonchev–Trinajstić information content (AvgIpc) is 2.97. The van der Waals surface area contributed by atoms with Gasteiger partial charge in [-0.25, -0.2) is 4.68 Å². The van der Waals surface area contributed by atoms with Crippen molar-refractivity contribution in [1.29, 1.82) is 0 Å². The van der Waals surface area contributed by atoms with Gasteiger partial charge in [0.25, 0.3) is 0 Å². The first-order valence-electron chi connectivity index (χ1n) is 4.91. The Morgan fingerprint density at radius 2 is 1.60 bits per heavy atom. The quantitative estimate of drug-likeness (QED) is 0.623. The molecular weight excluding hydrogens is 282 g/mol. The van der Waals surface area contributed by atoms with Crippen LogP contribution in [0.2, 0.25) is 0 Å². The Kier molecular flexibility index (Phi) is 4.77. The summed E-state index contributed by atoms with van der Waals surface area (Å²) in [5.41, 5.74) is -0.414. The number of hydrogen-bond acceptors (Lipinski definition) is 6. The summed E-state index contributed by atoms with van der Waals surface area (Å²) in [6.45, 7) is -2.83. The summed E-state index contributed by atoms with van der Waals surface area (Å²) >= 11 is 0. The molecule has 0 atom stereocenters. The molecule has 0 aliphatic carbocycles. The lowest BCUT2D eigenvalue weighted by atomic mass is 10.6. The van der Waals surface area contributed by atoms with E-state index in [1.54, 1.807) is 7.05 Å². The standard InChI is InChI=1S/C4H3F2N3O2.C4H5N3O2/c5-4(6)8-2-3(1-7-8)9(10)11;1-6-3-4(2-5-6)7(8)9/h1-2,4H;2-3H,1H3. The molecule has 108 valence electrons. The highest BCUT2D eigenvalue weighted by molar-refractivity contribution is 5.20. The minimum atomic E-state index is -2.83. The molecule has 20 heavy (non-hydrogen) atoms. The maximum absolute atomic E-state index is 11.7. The van der Waals surface area contributed by atoms with Crippen LogP contribution in [-0.4, -0.2) is 29.4 Å². The highest BCUT2D eigenvalue weighted by atomic mass is 19.3. The van der Waals surface area contributed by atoms with Crippen molar-refractivity contribution in [3.05, 3.63) is 45.0 Å². The van der Waals surface area contributed by atoms with E-state index in [2.05, 4.69) is 10.2 Å². The lowest BCUT2D eigenvalue weighted by Crippen LogP contribution is -1.97. The number of nitrogens with zero attached hydrogens (tertiary/aromatic N) is 6. The summed E-state index contributed by atoms with van der Waals surface area (Å²) in [6.07, 6.45) is 4.00. The second kappa shape index (κ2) is 6.31. The maximum Gasteiger partial charge on any atom is 0.333 e. The molecular formula is C8H8F2N6O4. The van der Waals surface area contributed by atoms with Crippen LogP contribution in [0.25, 0.3) is 0 Å². The third kappa shape index (κ3) is 4.08. The second-order valence-electron chi connectivity index (χ2n) is 3.34. The van der Waals surface area contributed by atoms with E-state index < -0.39 is 22.1 Å². The highest BCUT2D eigenvalue weighted by Crippen LogP contribution is 2.14. The third-order valence-electron chi connectivity index (χ3n) is 1.90. The van der Waals surface area contributed by atoms with Crippen LogP contribution >= 0.6 is 0 Å². The summed E-state index contributed by atoms with van der Waals surface area (Å²) in [6, 6.07) is 0. The van der Waals surface area contributed by atoms with Crippen molar-refractivity contribution in [2.24, 2.45) is 7.05 Å². The van der Waals surface area contributed by atoms with Crippen molar-refractivity contribution in [3.63, 3.8) is 0 Å². The SMILES string of the molecule is Cn1cc([N+](=O)[O-])cn1.O=[N+]([O-])c1cnn(C(F)F)c1. The molecule has 2 aromatic heterocycles. The Hall–Kier alpha value is -2.92. The molecule has 0 aliphatic rings. The van der Waals surface area contributed by atoms with Crippen molar-refractivity contribution in [2.75, 3.05) is 0 Å². The molecule has 2 aromatic rings. The fourth-order valence-electron chi connectivity index (χ4n) is 1.03. The topological polar surface area (TPSA) is 122 Å². The van der Waals surface area contributed by atoms with Gasteiger partial charge >= 0.3 is 17.9 Å². The van der Waals surface area contributed by atoms with Crippen LogP contribution in [-0.2, 0) is 7.05 Å². The van der Waals surface area contributed by atoms with Gasteiger partial charge in [-0.05, 0) is 0 Å². The van der Waals surface area contributed by atoms with Crippen molar-refractivity contribution >= 4 is 11.4 Å². The Morgan fingerprint density at radius 1 is 1.10 bits per heavy atom. The molecule has 0 unspecified atom stereocenters. The molecule has 0 N–H and O–H groups in total. The van der Waals surface area contributed by atoms with E-state index in [4.69, 9.17) is 0 Å². The largest absolute Gasteiger partial charge is 0.333 e. The van der Waals surface area contributed by atoms with Crippen LogP contribution in [0.3, 0.4) is 0 Å². The zero-order valence-electron chi connectivity index (χ0n) is 9.96. The minimum Gasteiger partial charge on any atom is -0.269 e. The molecule has 2 rings (SSSR count). The molecule has 0 aromatic carbocycles. The van der Waals surface area contributed by atoms with Gasteiger partial charge < -0.3 is 0 Å². The lowest BCUT2D eigenvalue weighted by molar-refractivity contribution is -0.385. The smallest absolute Gasteiger partial charge is 0.269 e. The van der Waals surface area contributed by atoms with Gasteiger partial charge in [-0.15, -0.1) is 0 Å². The summed E-state index contributed by atoms with van der Waals surface area (Å²) < 4.78 is 25.1. The zero-order chi connectivity index (χ0) is 15.3. The van der Waals surface area contributed by atoms with E-state index in [0.29, 0.717) is 6.20 Å². The molecule has 0 aliphatic heterocycles. The predicted molar refractivity (Wildman–Crippen MR) is 60.0 cm³/mol. The number of rotatable bonds is 3. The van der Waals surface area contributed by atoms with Gasteiger partial charge in [-0.3, -0.25) is 24.9 Å². The van der Waals surface area contributed by atoms with Gasteiger partial charge in [-0.1, -0.05) is 0 Å². The van der Waals surface area contributed by atoms with Gasteiger partial charge in [0, 0.05) is 7.05 Å².